The minimum atomic E-state index is -4.02. The lowest BCUT2D eigenvalue weighted by atomic mass is 10.2. The molecule has 0 atom stereocenters. The molecule has 3 aromatic carbocycles. The number of hydrogen-bond donors (Lipinski definition) is 0. The number of thiocarbonyl (C=S) groups is 1. The first-order valence-corrected chi connectivity index (χ1v) is 12.4. The van der Waals surface area contributed by atoms with Gasteiger partial charge < -0.3 is 4.18 Å². The molecule has 8 heteroatoms. The molecule has 1 heterocycles. The van der Waals surface area contributed by atoms with Crippen LogP contribution in [0.4, 0.5) is 0 Å². The van der Waals surface area contributed by atoms with Gasteiger partial charge in [0.15, 0.2) is 0 Å². The minimum absolute atomic E-state index is 0.0621. The predicted molar refractivity (Wildman–Crippen MR) is 131 cm³/mol. The first-order chi connectivity index (χ1) is 15.3. The number of thioether (sulfide) groups is 1. The normalized spacial score (nSPS) is 15.4. The van der Waals surface area contributed by atoms with Gasteiger partial charge in [-0.05, 0) is 36.8 Å². The summed E-state index contributed by atoms with van der Waals surface area (Å²) >= 11 is 6.59. The number of hydrogen-bond acceptors (Lipinski definition) is 6. The summed E-state index contributed by atoms with van der Waals surface area (Å²) in [5.41, 5.74) is 2.39. The lowest BCUT2D eigenvalue weighted by Gasteiger charge is -2.14. The third kappa shape index (κ3) is 4.93. The van der Waals surface area contributed by atoms with Crippen molar-refractivity contribution in [2.24, 2.45) is 0 Å². The quantitative estimate of drug-likeness (QED) is 0.275. The first kappa shape index (κ1) is 22.3. The monoisotopic (exact) mass is 481 g/mol. The van der Waals surface area contributed by atoms with Crippen molar-refractivity contribution in [1.82, 2.24) is 4.90 Å². The molecule has 3 aromatic rings. The summed E-state index contributed by atoms with van der Waals surface area (Å²) in [5.74, 6) is -0.0820. The smallest absolute Gasteiger partial charge is 0.339 e. The van der Waals surface area contributed by atoms with Crippen molar-refractivity contribution in [3.8, 4) is 5.75 Å². The Balaban J connectivity index is 1.59. The molecule has 0 N–H and O–H groups in total. The van der Waals surface area contributed by atoms with Crippen LogP contribution < -0.4 is 4.18 Å². The standard InChI is InChI=1S/C24H19NO4S3/c1-17-11-13-20(14-12-17)32(27,28)29-21-10-6-5-9-19(21)15-22-23(26)25(24(30)31-22)16-18-7-3-2-4-8-18/h2-15H,16H2,1H3/b22-15-. The molecule has 0 bridgehead atoms. The van der Waals surface area contributed by atoms with Crippen molar-refractivity contribution in [2.45, 2.75) is 18.4 Å². The van der Waals surface area contributed by atoms with E-state index in [2.05, 4.69) is 0 Å². The molecule has 0 aliphatic carbocycles. The molecule has 4 rings (SSSR count). The van der Waals surface area contributed by atoms with Crippen LogP contribution in [-0.4, -0.2) is 23.5 Å². The van der Waals surface area contributed by atoms with Crippen LogP contribution in [0.1, 0.15) is 16.7 Å². The number of rotatable bonds is 6. The SMILES string of the molecule is Cc1ccc(S(=O)(=O)Oc2ccccc2/C=C2\SC(=S)N(Cc3ccccc3)C2=O)cc1. The fourth-order valence-electron chi connectivity index (χ4n) is 3.09. The fraction of sp³-hybridized carbons (Fsp3) is 0.0833. The second-order valence-electron chi connectivity index (χ2n) is 7.14. The maximum Gasteiger partial charge on any atom is 0.339 e. The molecule has 0 unspecified atom stereocenters. The van der Waals surface area contributed by atoms with E-state index in [1.807, 2.05) is 37.3 Å². The van der Waals surface area contributed by atoms with Gasteiger partial charge in [-0.15, -0.1) is 0 Å². The highest BCUT2D eigenvalue weighted by atomic mass is 32.2. The van der Waals surface area contributed by atoms with Crippen LogP contribution in [0.15, 0.2) is 88.7 Å². The number of benzene rings is 3. The van der Waals surface area contributed by atoms with Gasteiger partial charge in [-0.2, -0.15) is 8.42 Å². The van der Waals surface area contributed by atoms with Crippen LogP contribution in [0.25, 0.3) is 6.08 Å². The second-order valence-corrected chi connectivity index (χ2v) is 10.4. The van der Waals surface area contributed by atoms with Gasteiger partial charge in [-0.25, -0.2) is 0 Å². The van der Waals surface area contributed by atoms with Gasteiger partial charge in [-0.1, -0.05) is 90.2 Å². The molecule has 0 radical (unpaired) electrons. The Hall–Kier alpha value is -2.94. The van der Waals surface area contributed by atoms with Gasteiger partial charge in [0.25, 0.3) is 5.91 Å². The summed E-state index contributed by atoms with van der Waals surface area (Å²) in [6.07, 6.45) is 1.62. The molecule has 162 valence electrons. The molecule has 0 spiro atoms. The van der Waals surface area contributed by atoms with E-state index >= 15 is 0 Å². The highest BCUT2D eigenvalue weighted by Crippen LogP contribution is 2.35. The Kier molecular flexibility index (Phi) is 6.45. The average Bonchev–Trinajstić information content (AvgIpc) is 3.03. The van der Waals surface area contributed by atoms with Crippen molar-refractivity contribution in [3.63, 3.8) is 0 Å². The fourth-order valence-corrected chi connectivity index (χ4v) is 5.29. The van der Waals surface area contributed by atoms with Gasteiger partial charge in [0.2, 0.25) is 0 Å². The van der Waals surface area contributed by atoms with Gasteiger partial charge in [0.1, 0.15) is 15.0 Å². The van der Waals surface area contributed by atoms with Gasteiger partial charge in [0.05, 0.1) is 11.4 Å². The Morgan fingerprint density at radius 1 is 0.969 bits per heavy atom. The van der Waals surface area contributed by atoms with E-state index in [4.69, 9.17) is 16.4 Å². The zero-order valence-corrected chi connectivity index (χ0v) is 19.5. The van der Waals surface area contributed by atoms with E-state index in [1.54, 1.807) is 42.5 Å². The van der Waals surface area contributed by atoms with Crippen LogP contribution in [0.2, 0.25) is 0 Å². The van der Waals surface area contributed by atoms with Crippen LogP contribution in [0.3, 0.4) is 0 Å². The van der Waals surface area contributed by atoms with Crippen molar-refractivity contribution in [2.75, 3.05) is 0 Å². The first-order valence-electron chi connectivity index (χ1n) is 9.73. The molecule has 32 heavy (non-hydrogen) atoms. The van der Waals surface area contributed by atoms with Crippen molar-refractivity contribution in [3.05, 3.63) is 100 Å². The second kappa shape index (κ2) is 9.28. The van der Waals surface area contributed by atoms with E-state index in [0.29, 0.717) is 21.3 Å². The summed E-state index contributed by atoms with van der Waals surface area (Å²) in [6.45, 7) is 2.25. The molecule has 1 fully saturated rings. The van der Waals surface area contributed by atoms with Crippen molar-refractivity contribution >= 4 is 50.4 Å². The zero-order valence-electron chi connectivity index (χ0n) is 17.1. The van der Waals surface area contributed by atoms with Gasteiger partial charge in [0, 0.05) is 5.56 Å². The maximum atomic E-state index is 13.0. The lowest BCUT2D eigenvalue weighted by Crippen LogP contribution is -2.27. The largest absolute Gasteiger partial charge is 0.378 e. The Labute approximate surface area is 196 Å². The highest BCUT2D eigenvalue weighted by Gasteiger charge is 2.32. The Bertz CT molecular complexity index is 1300. The summed E-state index contributed by atoms with van der Waals surface area (Å²) in [6, 6.07) is 22.7. The number of para-hydroxylation sites is 1. The van der Waals surface area contributed by atoms with Crippen LogP contribution >= 0.6 is 24.0 Å². The molecule has 1 aliphatic heterocycles. The minimum Gasteiger partial charge on any atom is -0.378 e. The topological polar surface area (TPSA) is 63.7 Å². The maximum absolute atomic E-state index is 13.0. The zero-order chi connectivity index (χ0) is 22.7. The van der Waals surface area contributed by atoms with E-state index in [9.17, 15) is 13.2 Å². The summed E-state index contributed by atoms with van der Waals surface area (Å²) in [5, 5.41) is 0. The molecule has 1 aliphatic rings. The molecule has 0 saturated carbocycles. The van der Waals surface area contributed by atoms with E-state index in [1.165, 1.54) is 28.8 Å². The van der Waals surface area contributed by atoms with E-state index in [0.717, 1.165) is 11.1 Å². The molecule has 5 nitrogen and oxygen atoms in total. The Morgan fingerprint density at radius 2 is 1.62 bits per heavy atom. The average molecular weight is 482 g/mol. The summed E-state index contributed by atoms with van der Waals surface area (Å²) in [7, 11) is -4.02. The van der Waals surface area contributed by atoms with Crippen LogP contribution in [0, 0.1) is 6.92 Å². The van der Waals surface area contributed by atoms with Crippen molar-refractivity contribution in [1.29, 1.82) is 0 Å². The molecule has 1 saturated heterocycles. The third-order valence-electron chi connectivity index (χ3n) is 4.77. The van der Waals surface area contributed by atoms with Crippen LogP contribution in [0.5, 0.6) is 5.75 Å². The van der Waals surface area contributed by atoms with E-state index in [-0.39, 0.29) is 16.6 Å². The van der Waals surface area contributed by atoms with Gasteiger partial charge >= 0.3 is 10.1 Å². The molecule has 1 amide bonds. The number of carbonyl (C=O) groups excluding carboxylic acids is 1. The number of amides is 1. The Morgan fingerprint density at radius 3 is 2.34 bits per heavy atom. The highest BCUT2D eigenvalue weighted by molar-refractivity contribution is 8.26. The van der Waals surface area contributed by atoms with E-state index < -0.39 is 10.1 Å². The van der Waals surface area contributed by atoms with Gasteiger partial charge in [-0.3, -0.25) is 9.69 Å². The third-order valence-corrected chi connectivity index (χ3v) is 7.40. The number of carbonyl (C=O) groups is 1. The van der Waals surface area contributed by atoms with Crippen molar-refractivity contribution < 1.29 is 17.4 Å². The summed E-state index contributed by atoms with van der Waals surface area (Å²) < 4.78 is 31.3. The lowest BCUT2D eigenvalue weighted by molar-refractivity contribution is -0.122. The number of nitrogens with zero attached hydrogens (tertiary/aromatic N) is 1. The molecule has 0 aromatic heterocycles. The van der Waals surface area contributed by atoms with Crippen LogP contribution in [-0.2, 0) is 21.5 Å². The molecular formula is C24H19NO4S3. The molecular weight excluding hydrogens is 462 g/mol. The predicted octanol–water partition coefficient (Wildman–Crippen LogP) is 5.16. The summed E-state index contributed by atoms with van der Waals surface area (Å²) in [4.78, 5) is 15.0. The number of aryl methyl sites for hydroxylation is 1.